The summed E-state index contributed by atoms with van der Waals surface area (Å²) < 4.78 is 0. The van der Waals surface area contributed by atoms with Gasteiger partial charge in [-0.2, -0.15) is 0 Å². The molecule has 0 bridgehead atoms. The number of hydrogen-bond acceptors (Lipinski definition) is 4. The summed E-state index contributed by atoms with van der Waals surface area (Å²) in [6.45, 7) is 0.957. The van der Waals surface area contributed by atoms with Gasteiger partial charge in [-0.25, -0.2) is 0 Å². The van der Waals surface area contributed by atoms with E-state index in [2.05, 4.69) is 11.8 Å². The van der Waals surface area contributed by atoms with E-state index in [-0.39, 0.29) is 36.5 Å². The van der Waals surface area contributed by atoms with Crippen LogP contribution in [0.4, 0.5) is 0 Å². The Balaban J connectivity index is 0.00000243. The van der Waals surface area contributed by atoms with Crippen molar-refractivity contribution in [3.8, 4) is 11.8 Å². The third kappa shape index (κ3) is 3.59. The Labute approximate surface area is 159 Å². The number of fused-ring (bicyclic) bond motifs is 1. The van der Waals surface area contributed by atoms with Crippen molar-refractivity contribution in [2.45, 2.75) is 38.3 Å². The smallest absolute Gasteiger partial charge is 0.255 e. The normalized spacial score (nSPS) is 19.0. The summed E-state index contributed by atoms with van der Waals surface area (Å²) in [5.74, 6) is 5.53. The van der Waals surface area contributed by atoms with Gasteiger partial charge < -0.3 is 10.6 Å². The summed E-state index contributed by atoms with van der Waals surface area (Å²) in [5, 5.41) is 0. The highest BCUT2D eigenvalue weighted by Gasteiger charge is 2.41. The maximum absolute atomic E-state index is 12.8. The van der Waals surface area contributed by atoms with Gasteiger partial charge in [0.05, 0.1) is 0 Å². The van der Waals surface area contributed by atoms with Crippen molar-refractivity contribution in [3.63, 3.8) is 0 Å². The zero-order valence-electron chi connectivity index (χ0n) is 14.7. The van der Waals surface area contributed by atoms with Crippen molar-refractivity contribution in [1.82, 2.24) is 9.80 Å². The fraction of sp³-hybridized carbons (Fsp3) is 0.421. The Hall–Kier alpha value is -2.36. The van der Waals surface area contributed by atoms with E-state index in [0.717, 1.165) is 22.4 Å². The number of nitrogens with two attached hydrogens (primary N) is 1. The van der Waals surface area contributed by atoms with Crippen molar-refractivity contribution in [1.29, 1.82) is 0 Å². The number of benzene rings is 1. The molecule has 1 unspecified atom stereocenters. The minimum atomic E-state index is -0.583. The Morgan fingerprint density at radius 2 is 2.04 bits per heavy atom. The molecule has 3 rings (SSSR count). The van der Waals surface area contributed by atoms with Crippen LogP contribution in [-0.4, -0.2) is 47.2 Å². The predicted molar refractivity (Wildman–Crippen MR) is 99.5 cm³/mol. The van der Waals surface area contributed by atoms with Gasteiger partial charge in [0.15, 0.2) is 0 Å². The number of carbonyl (C=O) groups excluding carboxylic acids is 3. The number of hydrogen-bond donors (Lipinski definition) is 1. The molecule has 7 heteroatoms. The molecular weight excluding hydrogens is 354 g/mol. The van der Waals surface area contributed by atoms with E-state index in [4.69, 9.17) is 5.73 Å². The maximum Gasteiger partial charge on any atom is 0.255 e. The zero-order chi connectivity index (χ0) is 18.0. The first-order chi connectivity index (χ1) is 12.0. The Morgan fingerprint density at radius 1 is 1.27 bits per heavy atom. The lowest BCUT2D eigenvalue weighted by Crippen LogP contribution is -2.53. The molecule has 2 N–H and O–H groups in total. The highest BCUT2D eigenvalue weighted by atomic mass is 35.5. The van der Waals surface area contributed by atoms with E-state index < -0.39 is 6.04 Å². The highest BCUT2D eigenvalue weighted by Crippen LogP contribution is 2.30. The van der Waals surface area contributed by atoms with E-state index in [1.54, 1.807) is 11.0 Å². The molecule has 0 radical (unpaired) electrons. The number of carbonyl (C=O) groups is 3. The molecule has 0 aromatic heterocycles. The number of piperidine rings is 1. The molecule has 3 amide bonds. The maximum atomic E-state index is 12.8. The average Bonchev–Trinajstić information content (AvgIpc) is 2.94. The van der Waals surface area contributed by atoms with E-state index in [9.17, 15) is 14.4 Å². The van der Waals surface area contributed by atoms with Crippen molar-refractivity contribution in [2.75, 3.05) is 13.6 Å². The Kier molecular flexibility index (Phi) is 6.41. The minimum Gasteiger partial charge on any atom is -0.330 e. The summed E-state index contributed by atoms with van der Waals surface area (Å²) in [7, 11) is 1.47. The number of unbranched alkanes of at least 4 members (excludes halogenated alkanes) is 1. The molecule has 138 valence electrons. The van der Waals surface area contributed by atoms with E-state index >= 15 is 0 Å². The largest absolute Gasteiger partial charge is 0.330 e. The minimum absolute atomic E-state index is 0. The number of halogens is 1. The molecule has 0 saturated carbocycles. The standard InChI is InChI=1S/C19H21N3O3.ClH/c1-21-17(23)10-9-16(19(21)25)22-12-15-13(6-3-2-4-11-20)7-5-8-14(15)18(22)24;/h5,7-8,16H,2,4,9-12,20H2,1H3;1H. The second kappa shape index (κ2) is 8.35. The molecule has 2 aliphatic rings. The first kappa shape index (κ1) is 20.0. The van der Waals surface area contributed by atoms with Crippen LogP contribution in [0.15, 0.2) is 18.2 Å². The van der Waals surface area contributed by atoms with Crippen LogP contribution in [0.1, 0.15) is 47.2 Å². The molecule has 1 saturated heterocycles. The summed E-state index contributed by atoms with van der Waals surface area (Å²) in [5.41, 5.74) is 7.75. The quantitative estimate of drug-likeness (QED) is 0.490. The van der Waals surface area contributed by atoms with E-state index in [1.165, 1.54) is 7.05 Å². The molecule has 0 spiro atoms. The lowest BCUT2D eigenvalue weighted by atomic mass is 10.0. The van der Waals surface area contributed by atoms with Gasteiger partial charge >= 0.3 is 0 Å². The summed E-state index contributed by atoms with van der Waals surface area (Å²) in [4.78, 5) is 39.5. The SMILES string of the molecule is CN1C(=O)CCC(N2Cc3c(C#CCCCN)cccc3C2=O)C1=O.Cl. The molecule has 1 aromatic carbocycles. The molecular formula is C19H22ClN3O3. The highest BCUT2D eigenvalue weighted by molar-refractivity contribution is 6.05. The van der Waals surface area contributed by atoms with Gasteiger partial charge in [-0.15, -0.1) is 12.4 Å². The van der Waals surface area contributed by atoms with Crippen LogP contribution in [0.3, 0.4) is 0 Å². The lowest BCUT2D eigenvalue weighted by molar-refractivity contribution is -0.150. The Morgan fingerprint density at radius 3 is 2.77 bits per heavy atom. The summed E-state index contributed by atoms with van der Waals surface area (Å²) in [6.07, 6.45) is 2.20. The number of nitrogens with zero attached hydrogens (tertiary/aromatic N) is 2. The third-order valence-electron chi connectivity index (χ3n) is 4.72. The topological polar surface area (TPSA) is 83.7 Å². The first-order valence-corrected chi connectivity index (χ1v) is 8.46. The molecule has 26 heavy (non-hydrogen) atoms. The second-order valence-electron chi connectivity index (χ2n) is 6.30. The van der Waals surface area contributed by atoms with Gasteiger partial charge in [-0.1, -0.05) is 17.9 Å². The van der Waals surface area contributed by atoms with Gasteiger partial charge in [-0.05, 0) is 37.1 Å². The fourth-order valence-electron chi connectivity index (χ4n) is 3.26. The molecule has 2 heterocycles. The van der Waals surface area contributed by atoms with Gasteiger partial charge in [0, 0.05) is 37.6 Å². The molecule has 1 atom stereocenters. The third-order valence-corrected chi connectivity index (χ3v) is 4.72. The van der Waals surface area contributed by atoms with Crippen molar-refractivity contribution < 1.29 is 14.4 Å². The molecule has 0 aliphatic carbocycles. The summed E-state index contributed by atoms with van der Waals surface area (Å²) >= 11 is 0. The predicted octanol–water partition coefficient (Wildman–Crippen LogP) is 1.30. The van der Waals surface area contributed by atoms with Crippen LogP contribution in [0.25, 0.3) is 0 Å². The number of imide groups is 1. The van der Waals surface area contributed by atoms with Gasteiger partial charge in [0.25, 0.3) is 11.8 Å². The number of likely N-dealkylation sites (tertiary alicyclic amines) is 1. The van der Waals surface area contributed by atoms with Crippen LogP contribution in [0.5, 0.6) is 0 Å². The second-order valence-corrected chi connectivity index (χ2v) is 6.30. The zero-order valence-corrected chi connectivity index (χ0v) is 15.5. The van der Waals surface area contributed by atoms with Crippen LogP contribution in [0.2, 0.25) is 0 Å². The van der Waals surface area contributed by atoms with Crippen LogP contribution < -0.4 is 5.73 Å². The molecule has 1 fully saturated rings. The average molecular weight is 376 g/mol. The van der Waals surface area contributed by atoms with Gasteiger partial charge in [0.1, 0.15) is 6.04 Å². The number of rotatable bonds is 3. The lowest BCUT2D eigenvalue weighted by Gasteiger charge is -2.33. The van der Waals surface area contributed by atoms with Crippen molar-refractivity contribution in [3.05, 3.63) is 34.9 Å². The van der Waals surface area contributed by atoms with Crippen molar-refractivity contribution >= 4 is 30.1 Å². The molecule has 2 aliphatic heterocycles. The molecule has 6 nitrogen and oxygen atoms in total. The monoisotopic (exact) mass is 375 g/mol. The first-order valence-electron chi connectivity index (χ1n) is 8.46. The van der Waals surface area contributed by atoms with Crippen LogP contribution in [-0.2, 0) is 16.1 Å². The van der Waals surface area contributed by atoms with E-state index in [0.29, 0.717) is 31.5 Å². The fourth-order valence-corrected chi connectivity index (χ4v) is 3.26. The summed E-state index contributed by atoms with van der Waals surface area (Å²) in [6, 6.07) is 4.89. The molecule has 1 aromatic rings. The van der Waals surface area contributed by atoms with E-state index in [1.807, 2.05) is 12.1 Å². The van der Waals surface area contributed by atoms with Crippen LogP contribution >= 0.6 is 12.4 Å². The number of likely N-dealkylation sites (N-methyl/N-ethyl adjacent to an activating group) is 1. The van der Waals surface area contributed by atoms with Crippen molar-refractivity contribution in [2.24, 2.45) is 5.73 Å². The van der Waals surface area contributed by atoms with Crippen LogP contribution in [0, 0.1) is 11.8 Å². The van der Waals surface area contributed by atoms with Gasteiger partial charge in [0.2, 0.25) is 5.91 Å². The Bertz CT molecular complexity index is 797. The van der Waals surface area contributed by atoms with Gasteiger partial charge in [-0.3, -0.25) is 19.3 Å². The number of amides is 3.